The number of carbonyl (C=O) groups excluding carboxylic acids is 1. The second-order valence-corrected chi connectivity index (χ2v) is 9.50. The lowest BCUT2D eigenvalue weighted by Crippen LogP contribution is -2.44. The van der Waals surface area contributed by atoms with Crippen LogP contribution in [-0.4, -0.2) is 58.2 Å². The molecule has 1 N–H and O–H groups in total. The Balaban J connectivity index is 1.76. The molecule has 6 nitrogen and oxygen atoms in total. The van der Waals surface area contributed by atoms with Crippen molar-refractivity contribution in [2.24, 2.45) is 0 Å². The van der Waals surface area contributed by atoms with E-state index in [1.54, 1.807) is 24.3 Å². The molecule has 1 saturated heterocycles. The van der Waals surface area contributed by atoms with Crippen LogP contribution in [0.15, 0.2) is 47.4 Å². The molecule has 0 atom stereocenters. The minimum Gasteiger partial charge on any atom is -0.367 e. The van der Waals surface area contributed by atoms with Crippen molar-refractivity contribution >= 4 is 38.7 Å². The number of nitrogens with zero attached hydrogens (tertiary/aromatic N) is 2. The molecule has 1 heterocycles. The van der Waals surface area contributed by atoms with Crippen LogP contribution >= 0.6 is 11.6 Å². The summed E-state index contributed by atoms with van der Waals surface area (Å²) in [5.74, 6) is -1.21. The van der Waals surface area contributed by atoms with Crippen molar-refractivity contribution in [3.63, 3.8) is 0 Å². The molecule has 0 saturated carbocycles. The molecule has 0 unspecified atom stereocenters. The van der Waals surface area contributed by atoms with E-state index in [4.69, 9.17) is 11.6 Å². The maximum atomic E-state index is 12.5. The van der Waals surface area contributed by atoms with Gasteiger partial charge in [0.25, 0.3) is 0 Å². The molecule has 150 valence electrons. The lowest BCUT2D eigenvalue weighted by Gasteiger charge is -2.35. The van der Waals surface area contributed by atoms with Gasteiger partial charge in [-0.2, -0.15) is 0 Å². The molecule has 1 amide bonds. The van der Waals surface area contributed by atoms with E-state index in [1.807, 2.05) is 13.0 Å². The molecule has 3 rings (SSSR count). The van der Waals surface area contributed by atoms with Gasteiger partial charge < -0.3 is 15.1 Å². The number of halogens is 1. The summed E-state index contributed by atoms with van der Waals surface area (Å²) >= 11 is 6.11. The van der Waals surface area contributed by atoms with Crippen LogP contribution in [0.3, 0.4) is 0 Å². The molecule has 0 bridgehead atoms. The Hall–Kier alpha value is -2.09. The Morgan fingerprint density at radius 3 is 2.36 bits per heavy atom. The predicted octanol–water partition coefficient (Wildman–Crippen LogP) is 2.81. The number of benzene rings is 2. The van der Waals surface area contributed by atoms with Gasteiger partial charge in [-0.3, -0.25) is 4.79 Å². The first-order valence-corrected chi connectivity index (χ1v) is 11.1. The molecule has 28 heavy (non-hydrogen) atoms. The second-order valence-electron chi connectivity index (χ2n) is 7.07. The Kier molecular flexibility index (Phi) is 6.27. The van der Waals surface area contributed by atoms with Crippen LogP contribution in [0.1, 0.15) is 5.56 Å². The monoisotopic (exact) mass is 421 g/mol. The van der Waals surface area contributed by atoms with E-state index >= 15 is 0 Å². The number of likely N-dealkylation sites (N-methyl/N-ethyl adjacent to an activating group) is 1. The summed E-state index contributed by atoms with van der Waals surface area (Å²) < 4.78 is 25.1. The third-order valence-electron chi connectivity index (χ3n) is 4.78. The lowest BCUT2D eigenvalue weighted by atomic mass is 10.2. The van der Waals surface area contributed by atoms with Crippen LogP contribution in [0.25, 0.3) is 0 Å². The average molecular weight is 422 g/mol. The van der Waals surface area contributed by atoms with E-state index in [1.165, 1.54) is 12.1 Å². The van der Waals surface area contributed by atoms with E-state index in [9.17, 15) is 13.2 Å². The van der Waals surface area contributed by atoms with Gasteiger partial charge in [-0.15, -0.1) is 0 Å². The highest BCUT2D eigenvalue weighted by Crippen LogP contribution is 2.30. The molecule has 0 radical (unpaired) electrons. The molecule has 2 aromatic rings. The van der Waals surface area contributed by atoms with Crippen LogP contribution < -0.4 is 10.2 Å². The maximum absolute atomic E-state index is 12.5. The van der Waals surface area contributed by atoms with Gasteiger partial charge in [0.15, 0.2) is 9.84 Å². The van der Waals surface area contributed by atoms with Crippen molar-refractivity contribution < 1.29 is 13.2 Å². The average Bonchev–Trinajstić information content (AvgIpc) is 2.63. The smallest absolute Gasteiger partial charge is 0.240 e. The minimum atomic E-state index is -3.72. The summed E-state index contributed by atoms with van der Waals surface area (Å²) in [7, 11) is -1.65. The van der Waals surface area contributed by atoms with Crippen LogP contribution in [0.4, 0.5) is 11.4 Å². The number of anilines is 2. The highest BCUT2D eigenvalue weighted by atomic mass is 35.5. The molecule has 1 fully saturated rings. The summed E-state index contributed by atoms with van der Waals surface area (Å²) in [6.07, 6.45) is 0. The van der Waals surface area contributed by atoms with E-state index in [-0.39, 0.29) is 4.90 Å². The number of hydrogen-bond acceptors (Lipinski definition) is 5. The van der Waals surface area contributed by atoms with Gasteiger partial charge in [0.05, 0.1) is 16.3 Å². The topological polar surface area (TPSA) is 69.7 Å². The number of amides is 1. The molecule has 1 aliphatic heterocycles. The highest BCUT2D eigenvalue weighted by Gasteiger charge is 2.22. The SMILES string of the molecule is Cc1ccc(S(=O)(=O)CC(=O)Nc2cc(Cl)ccc2N2CCN(C)CC2)cc1. The second kappa shape index (κ2) is 8.51. The van der Waals surface area contributed by atoms with Crippen LogP contribution in [0.2, 0.25) is 5.02 Å². The van der Waals surface area contributed by atoms with Gasteiger partial charge in [0.2, 0.25) is 5.91 Å². The maximum Gasteiger partial charge on any atom is 0.240 e. The van der Waals surface area contributed by atoms with E-state index in [2.05, 4.69) is 22.2 Å². The van der Waals surface area contributed by atoms with E-state index in [0.717, 1.165) is 37.4 Å². The third kappa shape index (κ3) is 5.04. The quantitative estimate of drug-likeness (QED) is 0.803. The number of nitrogens with one attached hydrogen (secondary N) is 1. The van der Waals surface area contributed by atoms with Crippen molar-refractivity contribution in [1.29, 1.82) is 0 Å². The molecule has 2 aromatic carbocycles. The van der Waals surface area contributed by atoms with Gasteiger partial charge in [-0.1, -0.05) is 29.3 Å². The first-order valence-electron chi connectivity index (χ1n) is 9.07. The summed E-state index contributed by atoms with van der Waals surface area (Å²) in [6.45, 7) is 5.35. The largest absolute Gasteiger partial charge is 0.367 e. The van der Waals surface area contributed by atoms with Crippen molar-refractivity contribution in [3.05, 3.63) is 53.1 Å². The predicted molar refractivity (Wildman–Crippen MR) is 113 cm³/mol. The number of rotatable bonds is 5. The zero-order valence-electron chi connectivity index (χ0n) is 16.0. The highest BCUT2D eigenvalue weighted by molar-refractivity contribution is 7.92. The minimum absolute atomic E-state index is 0.138. The zero-order valence-corrected chi connectivity index (χ0v) is 17.6. The first kappa shape index (κ1) is 20.6. The standard InChI is InChI=1S/C20H24ClN3O3S/c1-15-3-6-17(7-4-15)28(26,27)14-20(25)22-18-13-16(21)5-8-19(18)24-11-9-23(2)10-12-24/h3-8,13H,9-12,14H2,1-2H3,(H,22,25). The van der Waals surface area contributed by atoms with Crippen LogP contribution in [0.5, 0.6) is 0 Å². The van der Waals surface area contributed by atoms with Crippen LogP contribution in [-0.2, 0) is 14.6 Å². The molecular formula is C20H24ClN3O3S. The zero-order chi connectivity index (χ0) is 20.3. The Bertz CT molecular complexity index is 953. The number of carbonyl (C=O) groups is 1. The van der Waals surface area contributed by atoms with Crippen molar-refractivity contribution in [2.45, 2.75) is 11.8 Å². The van der Waals surface area contributed by atoms with Crippen LogP contribution in [0, 0.1) is 6.92 Å². The molecule has 0 aliphatic carbocycles. The van der Waals surface area contributed by atoms with Crippen molar-refractivity contribution in [3.8, 4) is 0 Å². The van der Waals surface area contributed by atoms with Gasteiger partial charge >= 0.3 is 0 Å². The number of sulfone groups is 1. The van der Waals surface area contributed by atoms with Gasteiger partial charge in [0, 0.05) is 31.2 Å². The third-order valence-corrected chi connectivity index (χ3v) is 6.65. The van der Waals surface area contributed by atoms with Gasteiger partial charge in [0.1, 0.15) is 5.75 Å². The summed E-state index contributed by atoms with van der Waals surface area (Å²) in [5.41, 5.74) is 2.33. The fourth-order valence-electron chi connectivity index (χ4n) is 3.12. The summed E-state index contributed by atoms with van der Waals surface area (Å²) in [6, 6.07) is 11.8. The van der Waals surface area contributed by atoms with E-state index < -0.39 is 21.5 Å². The van der Waals surface area contributed by atoms with Crippen molar-refractivity contribution in [2.75, 3.05) is 49.2 Å². The molecule has 8 heteroatoms. The Morgan fingerprint density at radius 2 is 1.71 bits per heavy atom. The lowest BCUT2D eigenvalue weighted by molar-refractivity contribution is -0.113. The molecule has 0 aromatic heterocycles. The molecule has 1 aliphatic rings. The number of piperazine rings is 1. The number of aryl methyl sites for hydroxylation is 1. The first-order chi connectivity index (χ1) is 13.2. The fraction of sp³-hybridized carbons (Fsp3) is 0.350. The summed E-state index contributed by atoms with van der Waals surface area (Å²) in [4.78, 5) is 17.0. The molecular weight excluding hydrogens is 398 g/mol. The molecule has 0 spiro atoms. The normalized spacial score (nSPS) is 15.5. The fourth-order valence-corrected chi connectivity index (χ4v) is 4.43. The van der Waals surface area contributed by atoms with Gasteiger partial charge in [-0.25, -0.2) is 8.42 Å². The van der Waals surface area contributed by atoms with Gasteiger partial charge in [-0.05, 0) is 44.3 Å². The Morgan fingerprint density at radius 1 is 1.07 bits per heavy atom. The Labute approximate surface area is 171 Å². The summed E-state index contributed by atoms with van der Waals surface area (Å²) in [5, 5.41) is 3.22. The van der Waals surface area contributed by atoms with E-state index in [0.29, 0.717) is 10.7 Å². The van der Waals surface area contributed by atoms with Crippen molar-refractivity contribution in [1.82, 2.24) is 4.90 Å². The number of hydrogen-bond donors (Lipinski definition) is 1.